The van der Waals surface area contributed by atoms with E-state index in [9.17, 15) is 4.79 Å². The molecule has 1 saturated heterocycles. The fraction of sp³-hybridized carbons (Fsp3) is 0.231. The number of hydrogen-bond acceptors (Lipinski definition) is 3. The van der Waals surface area contributed by atoms with Gasteiger partial charge in [0.1, 0.15) is 5.82 Å². The number of anilines is 1. The molecule has 1 aliphatic rings. The number of halogens is 2. The maximum Gasteiger partial charge on any atom is 0.227 e. The second-order valence-electron chi connectivity index (χ2n) is 8.38. The highest BCUT2D eigenvalue weighted by Crippen LogP contribution is 2.26. The van der Waals surface area contributed by atoms with Crippen molar-refractivity contribution in [1.29, 1.82) is 0 Å². The molecule has 0 atom stereocenters. The third-order valence-corrected chi connectivity index (χ3v) is 7.15. The first-order valence-electron chi connectivity index (χ1n) is 11.1. The van der Waals surface area contributed by atoms with Crippen LogP contribution in [0.3, 0.4) is 0 Å². The first-order valence-corrected chi connectivity index (χ1v) is 12.7. The van der Waals surface area contributed by atoms with Crippen LogP contribution in [-0.4, -0.2) is 33.4 Å². The average molecular weight is 568 g/mol. The first kappa shape index (κ1) is 22.3. The second kappa shape index (κ2) is 9.79. The Morgan fingerprint density at radius 1 is 0.939 bits per heavy atom. The van der Waals surface area contributed by atoms with Crippen molar-refractivity contribution in [3.8, 4) is 5.69 Å². The number of carbonyl (C=O) groups excluding carboxylic acids is 1. The molecular weight excluding hydrogens is 544 g/mol. The Labute approximate surface area is 210 Å². The molecule has 0 bridgehead atoms. The van der Waals surface area contributed by atoms with E-state index in [0.29, 0.717) is 0 Å². The maximum absolute atomic E-state index is 12.7. The van der Waals surface area contributed by atoms with E-state index in [2.05, 4.69) is 77.0 Å². The Kier molecular flexibility index (Phi) is 6.62. The lowest BCUT2D eigenvalue weighted by atomic mass is 9.96. The molecule has 5 rings (SSSR count). The molecule has 4 aromatic rings. The van der Waals surface area contributed by atoms with Crippen LogP contribution in [0.4, 0.5) is 5.69 Å². The number of fused-ring (bicyclic) bond motifs is 1. The van der Waals surface area contributed by atoms with Gasteiger partial charge in [-0.1, -0.05) is 50.1 Å². The summed E-state index contributed by atoms with van der Waals surface area (Å²) in [5, 5.41) is 3.06. The summed E-state index contributed by atoms with van der Waals surface area (Å²) in [6.45, 7) is 2.50. The summed E-state index contributed by atoms with van der Waals surface area (Å²) >= 11 is 7.03. The third-order valence-electron chi connectivity index (χ3n) is 6.13. The number of imidazole rings is 1. The number of aromatic nitrogens is 2. The zero-order valence-corrected chi connectivity index (χ0v) is 21.2. The predicted molar refractivity (Wildman–Crippen MR) is 140 cm³/mol. The topological polar surface area (TPSA) is 50.2 Å². The molecule has 5 nitrogen and oxygen atoms in total. The van der Waals surface area contributed by atoms with Gasteiger partial charge in [-0.2, -0.15) is 0 Å². The van der Waals surface area contributed by atoms with Crippen LogP contribution < -0.4 is 5.32 Å². The van der Waals surface area contributed by atoms with Gasteiger partial charge < -0.3 is 5.32 Å². The molecule has 0 aliphatic carbocycles. The summed E-state index contributed by atoms with van der Waals surface area (Å²) < 4.78 is 4.29. The molecule has 1 amide bonds. The molecule has 0 saturated carbocycles. The average Bonchev–Trinajstić information content (AvgIpc) is 3.19. The quantitative estimate of drug-likeness (QED) is 0.303. The van der Waals surface area contributed by atoms with Crippen molar-refractivity contribution in [2.24, 2.45) is 5.92 Å². The normalized spacial score (nSPS) is 15.1. The Morgan fingerprint density at radius 2 is 1.70 bits per heavy atom. The van der Waals surface area contributed by atoms with Gasteiger partial charge in [0, 0.05) is 26.2 Å². The van der Waals surface area contributed by atoms with Crippen LogP contribution >= 0.6 is 31.9 Å². The van der Waals surface area contributed by atoms with Crippen LogP contribution in [0, 0.1) is 5.92 Å². The predicted octanol–water partition coefficient (Wildman–Crippen LogP) is 6.40. The van der Waals surface area contributed by atoms with Crippen molar-refractivity contribution in [2.75, 3.05) is 18.4 Å². The lowest BCUT2D eigenvalue weighted by Gasteiger charge is -2.31. The Hall–Kier alpha value is -2.48. The van der Waals surface area contributed by atoms with Gasteiger partial charge >= 0.3 is 0 Å². The summed E-state index contributed by atoms with van der Waals surface area (Å²) in [6, 6.07) is 24.3. The summed E-state index contributed by atoms with van der Waals surface area (Å²) in [5.74, 6) is 1.17. The number of nitrogens with one attached hydrogen (secondary N) is 1. The number of likely N-dealkylation sites (tertiary alicyclic amines) is 1. The van der Waals surface area contributed by atoms with Crippen LogP contribution in [0.25, 0.3) is 16.7 Å². The Morgan fingerprint density at radius 3 is 2.45 bits per heavy atom. The minimum Gasteiger partial charge on any atom is -0.326 e. The minimum atomic E-state index is 0.0359. The van der Waals surface area contributed by atoms with Gasteiger partial charge in [0.05, 0.1) is 17.6 Å². The van der Waals surface area contributed by atoms with Crippen molar-refractivity contribution >= 4 is 54.5 Å². The molecule has 0 radical (unpaired) electrons. The smallest absolute Gasteiger partial charge is 0.227 e. The van der Waals surface area contributed by atoms with Crippen LogP contribution in [0.2, 0.25) is 0 Å². The standard InChI is InChI=1S/C26H24Br2N4O/c27-19-8-10-21(11-9-19)29-26(33)18-12-14-31(15-13-18)17-25-30-23-6-1-2-7-24(23)32(25)22-5-3-4-20(28)16-22/h1-11,16,18H,12-15,17H2,(H,29,33). The van der Waals surface area contributed by atoms with Crippen molar-refractivity contribution in [2.45, 2.75) is 19.4 Å². The van der Waals surface area contributed by atoms with Crippen molar-refractivity contribution in [3.63, 3.8) is 0 Å². The van der Waals surface area contributed by atoms with Gasteiger partial charge in [0.15, 0.2) is 0 Å². The minimum absolute atomic E-state index is 0.0359. The monoisotopic (exact) mass is 566 g/mol. The number of nitrogens with zero attached hydrogens (tertiary/aromatic N) is 3. The molecule has 1 aliphatic heterocycles. The van der Waals surface area contributed by atoms with Gasteiger partial charge in [0.25, 0.3) is 0 Å². The molecule has 0 spiro atoms. The van der Waals surface area contributed by atoms with Gasteiger partial charge in [-0.05, 0) is 80.5 Å². The molecule has 2 heterocycles. The van der Waals surface area contributed by atoms with E-state index in [1.54, 1.807) is 0 Å². The SMILES string of the molecule is O=C(Nc1ccc(Br)cc1)C1CCN(Cc2nc3ccccc3n2-c2cccc(Br)c2)CC1. The lowest BCUT2D eigenvalue weighted by molar-refractivity contribution is -0.121. The fourth-order valence-electron chi connectivity index (χ4n) is 4.42. The summed E-state index contributed by atoms with van der Waals surface area (Å²) in [5.41, 5.74) is 4.04. The lowest BCUT2D eigenvalue weighted by Crippen LogP contribution is -2.38. The number of benzene rings is 3. The third kappa shape index (κ3) is 5.05. The van der Waals surface area contributed by atoms with Gasteiger partial charge in [-0.15, -0.1) is 0 Å². The Bertz CT molecular complexity index is 1280. The fourth-order valence-corrected chi connectivity index (χ4v) is 5.07. The molecule has 0 unspecified atom stereocenters. The molecule has 1 fully saturated rings. The highest BCUT2D eigenvalue weighted by atomic mass is 79.9. The molecule has 1 N–H and O–H groups in total. The highest BCUT2D eigenvalue weighted by molar-refractivity contribution is 9.10. The Balaban J connectivity index is 1.29. The van der Waals surface area contributed by atoms with Crippen molar-refractivity contribution < 1.29 is 4.79 Å². The molecule has 7 heteroatoms. The number of amides is 1. The highest BCUT2D eigenvalue weighted by Gasteiger charge is 2.26. The zero-order valence-electron chi connectivity index (χ0n) is 18.0. The van der Waals surface area contributed by atoms with E-state index in [0.717, 1.165) is 69.7 Å². The molecule has 3 aromatic carbocycles. The number of rotatable bonds is 5. The molecule has 33 heavy (non-hydrogen) atoms. The van der Waals surface area contributed by atoms with Gasteiger partial charge in [-0.25, -0.2) is 4.98 Å². The largest absolute Gasteiger partial charge is 0.326 e. The molecular formula is C26H24Br2N4O. The van der Waals surface area contributed by atoms with E-state index < -0.39 is 0 Å². The van der Waals surface area contributed by atoms with E-state index in [1.807, 2.05) is 42.5 Å². The van der Waals surface area contributed by atoms with Crippen LogP contribution in [-0.2, 0) is 11.3 Å². The number of hydrogen-bond donors (Lipinski definition) is 1. The second-order valence-corrected chi connectivity index (χ2v) is 10.2. The molecule has 1 aromatic heterocycles. The van der Waals surface area contributed by atoms with E-state index in [4.69, 9.17) is 4.98 Å². The van der Waals surface area contributed by atoms with Crippen molar-refractivity contribution in [1.82, 2.24) is 14.5 Å². The van der Waals surface area contributed by atoms with Gasteiger partial charge in [0.2, 0.25) is 5.91 Å². The summed E-state index contributed by atoms with van der Waals surface area (Å²) in [7, 11) is 0. The first-order chi connectivity index (χ1) is 16.1. The summed E-state index contributed by atoms with van der Waals surface area (Å²) in [6.07, 6.45) is 1.69. The van der Waals surface area contributed by atoms with E-state index >= 15 is 0 Å². The maximum atomic E-state index is 12.7. The zero-order chi connectivity index (χ0) is 22.8. The van der Waals surface area contributed by atoms with E-state index in [1.165, 1.54) is 0 Å². The van der Waals surface area contributed by atoms with Gasteiger partial charge in [-0.3, -0.25) is 14.3 Å². The van der Waals surface area contributed by atoms with Crippen LogP contribution in [0.1, 0.15) is 18.7 Å². The number of para-hydroxylation sites is 2. The number of piperidine rings is 1. The van der Waals surface area contributed by atoms with Crippen LogP contribution in [0.5, 0.6) is 0 Å². The molecule has 168 valence electrons. The van der Waals surface area contributed by atoms with Crippen LogP contribution in [0.15, 0.2) is 81.7 Å². The van der Waals surface area contributed by atoms with E-state index in [-0.39, 0.29) is 11.8 Å². The van der Waals surface area contributed by atoms with Crippen molar-refractivity contribution in [3.05, 3.63) is 87.6 Å². The number of carbonyl (C=O) groups is 1. The summed E-state index contributed by atoms with van der Waals surface area (Å²) in [4.78, 5) is 20.1.